The molecule has 0 saturated carbocycles. The number of likely N-dealkylation sites (tertiary alicyclic amines) is 1. The smallest absolute Gasteiger partial charge is 0.271 e. The molecule has 19 heavy (non-hydrogen) atoms. The molecule has 0 atom stereocenters. The third-order valence-corrected chi connectivity index (χ3v) is 3.34. The van der Waals surface area contributed by atoms with Gasteiger partial charge in [-0.3, -0.25) is 19.7 Å². The number of carbonyl (C=O) groups is 2. The maximum Gasteiger partial charge on any atom is 0.271 e. The summed E-state index contributed by atoms with van der Waals surface area (Å²) in [6.07, 6.45) is 1.13. The fourth-order valence-corrected chi connectivity index (χ4v) is 2.48. The van der Waals surface area contributed by atoms with Crippen LogP contribution in [0.25, 0.3) is 0 Å². The zero-order valence-electron chi connectivity index (χ0n) is 9.97. The predicted octanol–water partition coefficient (Wildman–Crippen LogP) is 2.16. The summed E-state index contributed by atoms with van der Waals surface area (Å²) in [5, 5.41) is 10.8. The van der Waals surface area contributed by atoms with Crippen LogP contribution in [0.15, 0.2) is 22.7 Å². The standard InChI is InChI=1S/C12H11BrN2O4/c13-9-4-8(5-10(6-9)15(18)19)12(17)14-3-1-2-11(16)7-14/h4-6H,1-3,7H2. The number of rotatable bonds is 2. The topological polar surface area (TPSA) is 80.5 Å². The van der Waals surface area contributed by atoms with Gasteiger partial charge in [-0.1, -0.05) is 15.9 Å². The van der Waals surface area contributed by atoms with Gasteiger partial charge in [-0.25, -0.2) is 0 Å². The molecule has 0 N–H and O–H groups in total. The fourth-order valence-electron chi connectivity index (χ4n) is 2.00. The first-order valence-electron chi connectivity index (χ1n) is 5.73. The summed E-state index contributed by atoms with van der Waals surface area (Å²) in [7, 11) is 0. The highest BCUT2D eigenvalue weighted by Crippen LogP contribution is 2.23. The number of piperidine rings is 1. The Kier molecular flexibility index (Phi) is 3.94. The number of Topliss-reactive ketones (excluding diaryl/α,β-unsaturated/α-hetero) is 1. The summed E-state index contributed by atoms with van der Waals surface area (Å²) in [6.45, 7) is 0.587. The van der Waals surface area contributed by atoms with Crippen molar-refractivity contribution in [1.82, 2.24) is 4.90 Å². The van der Waals surface area contributed by atoms with E-state index in [9.17, 15) is 19.7 Å². The van der Waals surface area contributed by atoms with Gasteiger partial charge in [0.15, 0.2) is 5.78 Å². The number of nitro benzene ring substituents is 1. The van der Waals surface area contributed by atoms with Crippen molar-refractivity contribution in [2.75, 3.05) is 13.1 Å². The maximum atomic E-state index is 12.2. The third-order valence-electron chi connectivity index (χ3n) is 2.88. The predicted molar refractivity (Wildman–Crippen MR) is 70.9 cm³/mol. The quantitative estimate of drug-likeness (QED) is 0.616. The molecule has 0 unspecified atom stereocenters. The molecule has 1 saturated heterocycles. The minimum absolute atomic E-state index is 0.0177. The lowest BCUT2D eigenvalue weighted by Crippen LogP contribution is -2.40. The number of nitrogens with zero attached hydrogens (tertiary/aromatic N) is 2. The Labute approximate surface area is 117 Å². The van der Waals surface area contributed by atoms with Gasteiger partial charge in [-0.05, 0) is 12.5 Å². The first kappa shape index (κ1) is 13.7. The number of non-ortho nitro benzene ring substituents is 1. The van der Waals surface area contributed by atoms with E-state index >= 15 is 0 Å². The Hall–Kier alpha value is -1.76. The van der Waals surface area contributed by atoms with Crippen molar-refractivity contribution in [2.24, 2.45) is 0 Å². The molecule has 1 aromatic carbocycles. The van der Waals surface area contributed by atoms with Crippen molar-refractivity contribution in [3.8, 4) is 0 Å². The molecule has 1 aliphatic heterocycles. The van der Waals surface area contributed by atoms with Gasteiger partial charge in [-0.2, -0.15) is 0 Å². The largest absolute Gasteiger partial charge is 0.331 e. The Balaban J connectivity index is 2.28. The molecule has 0 bridgehead atoms. The summed E-state index contributed by atoms with van der Waals surface area (Å²) in [5.74, 6) is -0.332. The minimum atomic E-state index is -0.553. The van der Waals surface area contributed by atoms with Crippen LogP contribution in [0.3, 0.4) is 0 Å². The second-order valence-electron chi connectivity index (χ2n) is 4.32. The second kappa shape index (κ2) is 5.48. The van der Waals surface area contributed by atoms with Crippen LogP contribution >= 0.6 is 15.9 Å². The van der Waals surface area contributed by atoms with Crippen LogP contribution in [-0.2, 0) is 4.79 Å². The zero-order valence-corrected chi connectivity index (χ0v) is 11.6. The molecule has 0 aromatic heterocycles. The molecule has 6 nitrogen and oxygen atoms in total. The maximum absolute atomic E-state index is 12.2. The van der Waals surface area contributed by atoms with Gasteiger partial charge < -0.3 is 4.90 Å². The summed E-state index contributed by atoms with van der Waals surface area (Å²) >= 11 is 3.14. The molecule has 0 aliphatic carbocycles. The van der Waals surface area contributed by atoms with Crippen molar-refractivity contribution in [2.45, 2.75) is 12.8 Å². The molecular formula is C12H11BrN2O4. The number of hydrogen-bond acceptors (Lipinski definition) is 4. The number of hydrogen-bond donors (Lipinski definition) is 0. The van der Waals surface area contributed by atoms with Crippen molar-refractivity contribution >= 4 is 33.3 Å². The van der Waals surface area contributed by atoms with E-state index in [2.05, 4.69) is 15.9 Å². The third kappa shape index (κ3) is 3.17. The van der Waals surface area contributed by atoms with Gasteiger partial charge in [0.05, 0.1) is 11.5 Å². The van der Waals surface area contributed by atoms with Crippen molar-refractivity contribution < 1.29 is 14.5 Å². The summed E-state index contributed by atoms with van der Waals surface area (Å²) in [4.78, 5) is 35.2. The van der Waals surface area contributed by atoms with Crippen LogP contribution < -0.4 is 0 Å². The highest BCUT2D eigenvalue weighted by atomic mass is 79.9. The molecule has 7 heteroatoms. The molecule has 1 aliphatic rings. The summed E-state index contributed by atoms with van der Waals surface area (Å²) < 4.78 is 0.466. The zero-order chi connectivity index (χ0) is 14.0. The Morgan fingerprint density at radius 2 is 2.11 bits per heavy atom. The monoisotopic (exact) mass is 326 g/mol. The number of carbonyl (C=O) groups excluding carboxylic acids is 2. The van der Waals surface area contributed by atoms with Gasteiger partial charge >= 0.3 is 0 Å². The minimum Gasteiger partial charge on any atom is -0.331 e. The van der Waals surface area contributed by atoms with E-state index in [1.807, 2.05) is 0 Å². The SMILES string of the molecule is O=C1CCCN(C(=O)c2cc(Br)cc([N+](=O)[O-])c2)C1. The Morgan fingerprint density at radius 3 is 2.74 bits per heavy atom. The molecule has 1 amide bonds. The molecule has 0 spiro atoms. The fraction of sp³-hybridized carbons (Fsp3) is 0.333. The van der Waals surface area contributed by atoms with E-state index in [1.54, 1.807) is 0 Å². The first-order chi connectivity index (χ1) is 8.97. The molecule has 1 heterocycles. The first-order valence-corrected chi connectivity index (χ1v) is 6.52. The van der Waals surface area contributed by atoms with E-state index < -0.39 is 4.92 Å². The van der Waals surface area contributed by atoms with Gasteiger partial charge in [0.2, 0.25) is 0 Å². The van der Waals surface area contributed by atoms with Gasteiger partial charge in [0.1, 0.15) is 0 Å². The normalized spacial score (nSPS) is 15.4. The average molecular weight is 327 g/mol. The molecule has 1 aromatic rings. The summed E-state index contributed by atoms with van der Waals surface area (Å²) in [5.41, 5.74) is 0.0665. The lowest BCUT2D eigenvalue weighted by molar-refractivity contribution is -0.385. The average Bonchev–Trinajstić information content (AvgIpc) is 2.37. The van der Waals surface area contributed by atoms with Crippen LogP contribution in [0, 0.1) is 10.1 Å². The molecule has 1 fully saturated rings. The number of amides is 1. The van der Waals surface area contributed by atoms with Crippen molar-refractivity contribution in [1.29, 1.82) is 0 Å². The van der Waals surface area contributed by atoms with E-state index in [4.69, 9.17) is 0 Å². The van der Waals surface area contributed by atoms with Crippen LogP contribution in [-0.4, -0.2) is 34.6 Å². The molecule has 100 valence electrons. The molecular weight excluding hydrogens is 316 g/mol. The second-order valence-corrected chi connectivity index (χ2v) is 5.24. The van der Waals surface area contributed by atoms with Crippen molar-refractivity contribution in [3.05, 3.63) is 38.3 Å². The number of halogens is 1. The van der Waals surface area contributed by atoms with Gasteiger partial charge in [0.25, 0.3) is 11.6 Å². The van der Waals surface area contributed by atoms with Crippen LogP contribution in [0.4, 0.5) is 5.69 Å². The molecule has 0 radical (unpaired) electrons. The number of ketones is 1. The highest BCUT2D eigenvalue weighted by Gasteiger charge is 2.24. The molecule has 2 rings (SSSR count). The number of nitro groups is 1. The number of benzene rings is 1. The van der Waals surface area contributed by atoms with Crippen LogP contribution in [0.1, 0.15) is 23.2 Å². The summed E-state index contributed by atoms with van der Waals surface area (Å²) in [6, 6.07) is 4.08. The van der Waals surface area contributed by atoms with E-state index in [0.717, 1.165) is 0 Å². The van der Waals surface area contributed by atoms with Crippen LogP contribution in [0.5, 0.6) is 0 Å². The Morgan fingerprint density at radius 1 is 1.37 bits per heavy atom. The van der Waals surface area contributed by atoms with Crippen molar-refractivity contribution in [3.63, 3.8) is 0 Å². The van der Waals surface area contributed by atoms with E-state index in [0.29, 0.717) is 23.9 Å². The van der Waals surface area contributed by atoms with Gasteiger partial charge in [0, 0.05) is 35.1 Å². The van der Waals surface area contributed by atoms with E-state index in [1.165, 1.54) is 23.1 Å². The van der Waals surface area contributed by atoms with Gasteiger partial charge in [-0.15, -0.1) is 0 Å². The van der Waals surface area contributed by atoms with Crippen LogP contribution in [0.2, 0.25) is 0 Å². The Bertz CT molecular complexity index is 559. The lowest BCUT2D eigenvalue weighted by atomic mass is 10.1. The van der Waals surface area contributed by atoms with E-state index in [-0.39, 0.29) is 29.5 Å². The highest BCUT2D eigenvalue weighted by molar-refractivity contribution is 9.10. The lowest BCUT2D eigenvalue weighted by Gasteiger charge is -2.25.